The predicted octanol–water partition coefficient (Wildman–Crippen LogP) is 1.59. The number of nitrogens with two attached hydrogens (primary N) is 1. The number of halogens is 1. The van der Waals surface area contributed by atoms with Crippen LogP contribution in [-0.2, 0) is 4.79 Å². The summed E-state index contributed by atoms with van der Waals surface area (Å²) in [5, 5.41) is 8.51. The van der Waals surface area contributed by atoms with Gasteiger partial charge >= 0.3 is 5.97 Å². The first-order valence-corrected chi connectivity index (χ1v) is 4.46. The Balaban J connectivity index is 2.84. The third-order valence-electron chi connectivity index (χ3n) is 1.17. The monoisotopic (exact) mass is 235 g/mol. The van der Waals surface area contributed by atoms with Crippen molar-refractivity contribution < 1.29 is 9.90 Å². The Morgan fingerprint density at radius 3 is 2.73 bits per heavy atom. The maximum Gasteiger partial charge on any atom is 0.325 e. The summed E-state index contributed by atoms with van der Waals surface area (Å²) in [4.78, 5) is 11.0. The van der Waals surface area contributed by atoms with Crippen LogP contribution in [-0.4, -0.2) is 11.1 Å². The second-order valence-electron chi connectivity index (χ2n) is 1.96. The molecule has 3 nitrogen and oxygen atoms in total. The lowest BCUT2D eigenvalue weighted by Crippen LogP contribution is -2.19. The van der Waals surface area contributed by atoms with Crippen LogP contribution >= 0.6 is 27.3 Å². The average Bonchev–Trinajstić information content (AvgIpc) is 2.34. The molecule has 0 aliphatic heterocycles. The first kappa shape index (κ1) is 8.70. The molecule has 0 aromatic carbocycles. The van der Waals surface area contributed by atoms with E-state index in [1.54, 1.807) is 12.1 Å². The predicted molar refractivity (Wildman–Crippen MR) is 46.6 cm³/mol. The van der Waals surface area contributed by atoms with E-state index in [-0.39, 0.29) is 0 Å². The van der Waals surface area contributed by atoms with Gasteiger partial charge in [-0.15, -0.1) is 11.3 Å². The molecule has 60 valence electrons. The van der Waals surface area contributed by atoms with E-state index in [1.807, 2.05) is 0 Å². The molecule has 0 aliphatic rings. The van der Waals surface area contributed by atoms with Crippen LogP contribution in [0.1, 0.15) is 10.9 Å². The Bertz CT molecular complexity index is 273. The van der Waals surface area contributed by atoms with Gasteiger partial charge in [0.05, 0.1) is 3.79 Å². The SMILES string of the molecule is N[C@H](C(=O)O)c1ccc(Br)s1. The molecule has 0 radical (unpaired) electrons. The smallest absolute Gasteiger partial charge is 0.325 e. The van der Waals surface area contributed by atoms with Crippen LogP contribution in [0, 0.1) is 0 Å². The molecular formula is C6H6BrNO2S. The summed E-state index contributed by atoms with van der Waals surface area (Å²) in [6.45, 7) is 0. The second kappa shape index (κ2) is 3.34. The highest BCUT2D eigenvalue weighted by Crippen LogP contribution is 2.25. The molecule has 1 aromatic heterocycles. The van der Waals surface area contributed by atoms with Crippen LogP contribution in [0.5, 0.6) is 0 Å². The first-order valence-electron chi connectivity index (χ1n) is 2.85. The van der Waals surface area contributed by atoms with Crippen molar-refractivity contribution in [2.24, 2.45) is 5.73 Å². The minimum absolute atomic E-state index is 0.657. The van der Waals surface area contributed by atoms with E-state index >= 15 is 0 Å². The molecule has 3 N–H and O–H groups in total. The third-order valence-corrected chi connectivity index (χ3v) is 2.87. The number of aliphatic carboxylic acids is 1. The molecule has 1 rings (SSSR count). The zero-order chi connectivity index (χ0) is 8.43. The summed E-state index contributed by atoms with van der Waals surface area (Å²) < 4.78 is 0.893. The zero-order valence-corrected chi connectivity index (χ0v) is 7.85. The van der Waals surface area contributed by atoms with E-state index in [0.29, 0.717) is 4.88 Å². The van der Waals surface area contributed by atoms with E-state index < -0.39 is 12.0 Å². The third kappa shape index (κ3) is 2.02. The molecule has 1 aromatic rings. The Morgan fingerprint density at radius 1 is 1.73 bits per heavy atom. The topological polar surface area (TPSA) is 63.3 Å². The van der Waals surface area contributed by atoms with Crippen LogP contribution in [0.25, 0.3) is 0 Å². The maximum absolute atomic E-state index is 10.4. The zero-order valence-electron chi connectivity index (χ0n) is 5.45. The number of hydrogen-bond acceptors (Lipinski definition) is 3. The highest BCUT2D eigenvalue weighted by atomic mass is 79.9. The average molecular weight is 236 g/mol. The van der Waals surface area contributed by atoms with Crippen LogP contribution in [0.3, 0.4) is 0 Å². The molecule has 0 fully saturated rings. The van der Waals surface area contributed by atoms with Crippen molar-refractivity contribution in [2.45, 2.75) is 6.04 Å². The summed E-state index contributed by atoms with van der Waals surface area (Å²) in [6, 6.07) is 2.59. The highest BCUT2D eigenvalue weighted by molar-refractivity contribution is 9.11. The van der Waals surface area contributed by atoms with Gasteiger partial charge in [-0.3, -0.25) is 4.79 Å². The number of thiophene rings is 1. The summed E-state index contributed by atoms with van der Waals surface area (Å²) in [5.74, 6) is -1.00. The molecule has 0 amide bonds. The molecule has 0 aliphatic carbocycles. The normalized spacial score (nSPS) is 12.9. The standard InChI is InChI=1S/C6H6BrNO2S/c7-4-2-1-3(11-4)5(8)6(9)10/h1-2,5H,8H2,(H,9,10)/t5-/m0/s1. The minimum Gasteiger partial charge on any atom is -0.480 e. The molecule has 1 atom stereocenters. The number of carbonyl (C=O) groups is 1. The second-order valence-corrected chi connectivity index (χ2v) is 4.45. The van der Waals surface area contributed by atoms with Gasteiger partial charge in [0.15, 0.2) is 0 Å². The molecule has 0 saturated heterocycles. The largest absolute Gasteiger partial charge is 0.480 e. The molecule has 5 heteroatoms. The molecule has 11 heavy (non-hydrogen) atoms. The van der Waals surface area contributed by atoms with E-state index in [2.05, 4.69) is 15.9 Å². The first-order chi connectivity index (χ1) is 5.11. The molecule has 0 bridgehead atoms. The number of carboxylic acid groups (broad SMARTS) is 1. The van der Waals surface area contributed by atoms with Crippen LogP contribution in [0.2, 0.25) is 0 Å². The molecular weight excluding hydrogens is 230 g/mol. The van der Waals surface area contributed by atoms with Crippen LogP contribution in [0.15, 0.2) is 15.9 Å². The van der Waals surface area contributed by atoms with Crippen molar-refractivity contribution in [2.75, 3.05) is 0 Å². The van der Waals surface area contributed by atoms with Crippen LogP contribution in [0.4, 0.5) is 0 Å². The molecule has 0 saturated carbocycles. The van der Waals surface area contributed by atoms with Gasteiger partial charge in [-0.05, 0) is 28.1 Å². The summed E-state index contributed by atoms with van der Waals surface area (Å²) >= 11 is 4.55. The Hall–Kier alpha value is -0.390. The lowest BCUT2D eigenvalue weighted by atomic mass is 10.3. The summed E-state index contributed by atoms with van der Waals surface area (Å²) in [7, 11) is 0. The lowest BCUT2D eigenvalue weighted by Gasteiger charge is -2.00. The van der Waals surface area contributed by atoms with Gasteiger partial charge in [-0.25, -0.2) is 0 Å². The van der Waals surface area contributed by atoms with Crippen molar-refractivity contribution in [3.8, 4) is 0 Å². The fourth-order valence-electron chi connectivity index (χ4n) is 0.617. The highest BCUT2D eigenvalue weighted by Gasteiger charge is 2.15. The van der Waals surface area contributed by atoms with E-state index in [9.17, 15) is 4.79 Å². The van der Waals surface area contributed by atoms with Gasteiger partial charge in [-0.1, -0.05) is 0 Å². The van der Waals surface area contributed by atoms with Crippen LogP contribution < -0.4 is 5.73 Å². The van der Waals surface area contributed by atoms with Crippen molar-refractivity contribution in [1.82, 2.24) is 0 Å². The lowest BCUT2D eigenvalue weighted by molar-refractivity contribution is -0.138. The molecule has 0 spiro atoms. The van der Waals surface area contributed by atoms with Crippen molar-refractivity contribution in [1.29, 1.82) is 0 Å². The molecule has 0 unspecified atom stereocenters. The quantitative estimate of drug-likeness (QED) is 0.819. The summed E-state index contributed by atoms with van der Waals surface area (Å²) in [5.41, 5.74) is 5.34. The number of rotatable bonds is 2. The van der Waals surface area contributed by atoms with Crippen molar-refractivity contribution in [3.63, 3.8) is 0 Å². The number of carboxylic acids is 1. The number of hydrogen-bond donors (Lipinski definition) is 2. The Kier molecular flexibility index (Phi) is 2.64. The molecule has 1 heterocycles. The fraction of sp³-hybridized carbons (Fsp3) is 0.167. The minimum atomic E-state index is -1.00. The van der Waals surface area contributed by atoms with E-state index in [0.717, 1.165) is 3.79 Å². The summed E-state index contributed by atoms with van der Waals surface area (Å²) in [6.07, 6.45) is 0. The van der Waals surface area contributed by atoms with Crippen molar-refractivity contribution >= 4 is 33.2 Å². The van der Waals surface area contributed by atoms with E-state index in [4.69, 9.17) is 10.8 Å². The maximum atomic E-state index is 10.4. The van der Waals surface area contributed by atoms with Crippen molar-refractivity contribution in [3.05, 3.63) is 20.8 Å². The van der Waals surface area contributed by atoms with Gasteiger partial charge in [-0.2, -0.15) is 0 Å². The fourth-order valence-corrected chi connectivity index (χ4v) is 2.04. The van der Waals surface area contributed by atoms with Gasteiger partial charge in [0, 0.05) is 4.88 Å². The van der Waals surface area contributed by atoms with Gasteiger partial charge in [0.25, 0.3) is 0 Å². The van der Waals surface area contributed by atoms with Gasteiger partial charge < -0.3 is 10.8 Å². The van der Waals surface area contributed by atoms with Gasteiger partial charge in [0.1, 0.15) is 6.04 Å². The van der Waals surface area contributed by atoms with Gasteiger partial charge in [0.2, 0.25) is 0 Å². The Morgan fingerprint density at radius 2 is 2.36 bits per heavy atom. The Labute approximate surface area is 76.0 Å². The van der Waals surface area contributed by atoms with E-state index in [1.165, 1.54) is 11.3 Å².